The summed E-state index contributed by atoms with van der Waals surface area (Å²) in [4.78, 5) is 11.2. The zero-order valence-electron chi connectivity index (χ0n) is 8.41. The van der Waals surface area contributed by atoms with Crippen molar-refractivity contribution in [1.82, 2.24) is 0 Å². The molecule has 0 spiro atoms. The summed E-state index contributed by atoms with van der Waals surface area (Å²) in [6.45, 7) is 4.22. The van der Waals surface area contributed by atoms with E-state index in [0.29, 0.717) is 0 Å². The Morgan fingerprint density at radius 2 is 1.85 bits per heavy atom. The van der Waals surface area contributed by atoms with E-state index < -0.39 is 4.32 Å². The molecule has 0 heterocycles. The molecule has 1 atom stereocenters. The summed E-state index contributed by atoms with van der Waals surface area (Å²) in [5.74, 6) is 0. The van der Waals surface area contributed by atoms with Gasteiger partial charge in [0.05, 0.1) is 4.32 Å². The molecular weight excluding hydrogens is 251 g/mol. The van der Waals surface area contributed by atoms with Gasteiger partial charge in [-0.25, -0.2) is 0 Å². The van der Waals surface area contributed by atoms with Crippen molar-refractivity contribution in [3.8, 4) is 0 Å². The molecule has 0 N–H and O–H groups in total. The maximum Gasteiger partial charge on any atom is 0.238 e. The third-order valence-corrected chi connectivity index (χ3v) is 3.92. The van der Waals surface area contributed by atoms with Gasteiger partial charge in [-0.05, 0) is 24.4 Å². The van der Waals surface area contributed by atoms with Crippen LogP contribution in [0.15, 0.2) is 0 Å². The molecule has 0 aliphatic heterocycles. The van der Waals surface area contributed by atoms with Crippen molar-refractivity contribution in [1.29, 1.82) is 0 Å². The number of unbranched alkanes of at least 4 members (excludes halogenated alkanes) is 2. The smallest absolute Gasteiger partial charge is 0.238 e. The summed E-state index contributed by atoms with van der Waals surface area (Å²) in [6.07, 6.45) is 6.08. The highest BCUT2D eigenvalue weighted by Gasteiger charge is 2.32. The molecular formula is C10H18BrClO. The normalized spacial score (nSPS) is 15.4. The SMILES string of the molecule is CCCCCC(Br)(CCC)C(=O)Cl. The molecule has 1 unspecified atom stereocenters. The Kier molecular flexibility index (Phi) is 7.06. The summed E-state index contributed by atoms with van der Waals surface area (Å²) in [5, 5.41) is -0.245. The molecule has 0 aromatic rings. The number of halogens is 2. The lowest BCUT2D eigenvalue weighted by Crippen LogP contribution is -2.27. The van der Waals surface area contributed by atoms with Gasteiger partial charge in [0.25, 0.3) is 0 Å². The van der Waals surface area contributed by atoms with Gasteiger partial charge in [-0.15, -0.1) is 0 Å². The van der Waals surface area contributed by atoms with Crippen molar-refractivity contribution in [2.24, 2.45) is 0 Å². The summed E-state index contributed by atoms with van der Waals surface area (Å²) in [5.41, 5.74) is 0. The van der Waals surface area contributed by atoms with Crippen LogP contribution in [-0.4, -0.2) is 9.57 Å². The maximum atomic E-state index is 11.2. The van der Waals surface area contributed by atoms with Gasteiger partial charge in [-0.1, -0.05) is 55.5 Å². The van der Waals surface area contributed by atoms with Gasteiger partial charge in [0, 0.05) is 0 Å². The van der Waals surface area contributed by atoms with Gasteiger partial charge in [-0.3, -0.25) is 4.79 Å². The molecule has 0 aromatic carbocycles. The number of carbonyl (C=O) groups is 1. The number of carbonyl (C=O) groups excluding carboxylic acids is 1. The number of rotatable bonds is 7. The highest BCUT2D eigenvalue weighted by molar-refractivity contribution is 9.10. The second-order valence-corrected chi connectivity index (χ2v) is 5.31. The van der Waals surface area contributed by atoms with Gasteiger partial charge < -0.3 is 0 Å². The third-order valence-electron chi connectivity index (χ3n) is 2.18. The number of alkyl halides is 1. The van der Waals surface area contributed by atoms with Gasteiger partial charge in [0.1, 0.15) is 0 Å². The highest BCUT2D eigenvalue weighted by Crippen LogP contribution is 2.32. The fourth-order valence-corrected chi connectivity index (χ4v) is 2.24. The second kappa shape index (κ2) is 6.83. The molecule has 0 radical (unpaired) electrons. The van der Waals surface area contributed by atoms with Crippen LogP contribution in [0.25, 0.3) is 0 Å². The zero-order valence-corrected chi connectivity index (χ0v) is 10.7. The Hall–Kier alpha value is 0.440. The molecule has 0 aliphatic rings. The van der Waals surface area contributed by atoms with E-state index >= 15 is 0 Å². The van der Waals surface area contributed by atoms with Crippen LogP contribution in [0, 0.1) is 0 Å². The maximum absolute atomic E-state index is 11.2. The Morgan fingerprint density at radius 3 is 2.23 bits per heavy atom. The minimum Gasteiger partial charge on any atom is -0.280 e. The molecule has 0 aliphatic carbocycles. The molecule has 78 valence electrons. The summed E-state index contributed by atoms with van der Waals surface area (Å²) in [6, 6.07) is 0. The average molecular weight is 270 g/mol. The van der Waals surface area contributed by atoms with E-state index in [9.17, 15) is 4.79 Å². The number of hydrogen-bond donors (Lipinski definition) is 0. The summed E-state index contributed by atoms with van der Waals surface area (Å²) >= 11 is 9.02. The molecule has 13 heavy (non-hydrogen) atoms. The zero-order chi connectivity index (χ0) is 10.3. The molecule has 3 heteroatoms. The number of hydrogen-bond acceptors (Lipinski definition) is 1. The molecule has 0 bridgehead atoms. The fraction of sp³-hybridized carbons (Fsp3) is 0.900. The predicted molar refractivity (Wildman–Crippen MR) is 61.6 cm³/mol. The van der Waals surface area contributed by atoms with Gasteiger partial charge in [0.2, 0.25) is 5.24 Å². The summed E-state index contributed by atoms with van der Waals surface area (Å²) < 4.78 is -0.460. The molecule has 0 aromatic heterocycles. The van der Waals surface area contributed by atoms with Crippen molar-refractivity contribution >= 4 is 32.8 Å². The van der Waals surface area contributed by atoms with Crippen molar-refractivity contribution in [3.05, 3.63) is 0 Å². The second-order valence-electron chi connectivity index (χ2n) is 3.45. The monoisotopic (exact) mass is 268 g/mol. The quantitative estimate of drug-likeness (QED) is 0.383. The van der Waals surface area contributed by atoms with Gasteiger partial charge in [0.15, 0.2) is 0 Å². The van der Waals surface area contributed by atoms with E-state index in [0.717, 1.165) is 25.7 Å². The summed E-state index contributed by atoms with van der Waals surface area (Å²) in [7, 11) is 0. The topological polar surface area (TPSA) is 17.1 Å². The Labute approximate surface area is 94.4 Å². The van der Waals surface area contributed by atoms with Gasteiger partial charge in [-0.2, -0.15) is 0 Å². The lowest BCUT2D eigenvalue weighted by atomic mass is 9.97. The van der Waals surface area contributed by atoms with E-state index in [4.69, 9.17) is 11.6 Å². The van der Waals surface area contributed by atoms with E-state index in [1.165, 1.54) is 12.8 Å². The molecule has 0 rings (SSSR count). The first-order valence-corrected chi connectivity index (χ1v) is 6.12. The third kappa shape index (κ3) is 5.02. The predicted octanol–water partition coefficient (Wildman–Crippen LogP) is 4.27. The van der Waals surface area contributed by atoms with E-state index in [1.807, 2.05) is 0 Å². The largest absolute Gasteiger partial charge is 0.280 e. The lowest BCUT2D eigenvalue weighted by Gasteiger charge is -2.22. The van der Waals surface area contributed by atoms with Crippen LogP contribution in [0.4, 0.5) is 0 Å². The van der Waals surface area contributed by atoms with Crippen LogP contribution >= 0.6 is 27.5 Å². The molecule has 0 amide bonds. The molecule has 0 saturated carbocycles. The first-order chi connectivity index (χ1) is 6.06. The Morgan fingerprint density at radius 1 is 1.23 bits per heavy atom. The first-order valence-electron chi connectivity index (χ1n) is 4.95. The van der Waals surface area contributed by atoms with Crippen LogP contribution < -0.4 is 0 Å². The molecule has 0 fully saturated rings. The minimum atomic E-state index is -0.460. The van der Waals surface area contributed by atoms with Crippen molar-refractivity contribution in [2.75, 3.05) is 0 Å². The van der Waals surface area contributed by atoms with Crippen LogP contribution in [-0.2, 0) is 4.79 Å². The van der Waals surface area contributed by atoms with E-state index in [1.54, 1.807) is 0 Å². The van der Waals surface area contributed by atoms with Crippen LogP contribution in [0.1, 0.15) is 52.4 Å². The standard InChI is InChI=1S/C10H18BrClO/c1-3-5-6-8-10(11,7-4-2)9(12)13/h3-8H2,1-2H3. The van der Waals surface area contributed by atoms with Crippen LogP contribution in [0.3, 0.4) is 0 Å². The van der Waals surface area contributed by atoms with Gasteiger partial charge >= 0.3 is 0 Å². The Balaban J connectivity index is 4.00. The Bertz CT molecular complexity index is 161. The molecule has 1 nitrogen and oxygen atoms in total. The fourth-order valence-electron chi connectivity index (χ4n) is 1.37. The van der Waals surface area contributed by atoms with Crippen molar-refractivity contribution < 1.29 is 4.79 Å². The van der Waals surface area contributed by atoms with Crippen molar-refractivity contribution in [2.45, 2.75) is 56.7 Å². The minimum absolute atomic E-state index is 0.245. The van der Waals surface area contributed by atoms with Crippen LogP contribution in [0.5, 0.6) is 0 Å². The first kappa shape index (κ1) is 13.4. The van der Waals surface area contributed by atoms with Crippen LogP contribution in [0.2, 0.25) is 0 Å². The highest BCUT2D eigenvalue weighted by atomic mass is 79.9. The lowest BCUT2D eigenvalue weighted by molar-refractivity contribution is -0.114. The van der Waals surface area contributed by atoms with E-state index in [2.05, 4.69) is 29.8 Å². The van der Waals surface area contributed by atoms with Crippen molar-refractivity contribution in [3.63, 3.8) is 0 Å². The molecule has 0 saturated heterocycles. The van der Waals surface area contributed by atoms with E-state index in [-0.39, 0.29) is 5.24 Å². The average Bonchev–Trinajstić information content (AvgIpc) is 2.05.